The molecule has 2 aromatic heterocycles. The molecule has 7 nitrogen and oxygen atoms in total. The number of halogens is 3. The van der Waals surface area contributed by atoms with Gasteiger partial charge in [0.2, 0.25) is 5.13 Å². The second kappa shape index (κ2) is 11.1. The van der Waals surface area contributed by atoms with E-state index in [0.717, 1.165) is 24.1 Å². The lowest BCUT2D eigenvalue weighted by Crippen LogP contribution is -2.08. The molecule has 5 rings (SSSR count). The van der Waals surface area contributed by atoms with Crippen molar-refractivity contribution in [2.45, 2.75) is 37.5 Å². The average Bonchev–Trinajstić information content (AvgIpc) is 3.44. The first-order valence-electron chi connectivity index (χ1n) is 11.9. The van der Waals surface area contributed by atoms with E-state index in [1.807, 2.05) is 0 Å². The Kier molecular flexibility index (Phi) is 7.85. The van der Waals surface area contributed by atoms with E-state index in [9.17, 15) is 17.8 Å². The maximum absolute atomic E-state index is 14.7. The zero-order chi connectivity index (χ0) is 27.0. The lowest BCUT2D eigenvalue weighted by molar-refractivity contribution is 0.0520. The topological polar surface area (TPSA) is 100 Å². The van der Waals surface area contributed by atoms with Gasteiger partial charge in [-0.2, -0.15) is 5.10 Å². The van der Waals surface area contributed by atoms with E-state index >= 15 is 0 Å². The molecule has 1 atom stereocenters. The van der Waals surface area contributed by atoms with E-state index in [-0.39, 0.29) is 17.2 Å². The molecule has 0 spiro atoms. The van der Waals surface area contributed by atoms with Gasteiger partial charge in [-0.05, 0) is 83.9 Å². The molecular weight excluding hydrogens is 598 g/mol. The fraction of sp³-hybridized carbons (Fsp3) is 0.269. The quantitative estimate of drug-likeness (QED) is 0.241. The highest BCUT2D eigenvalue weighted by atomic mass is 79.9. The van der Waals surface area contributed by atoms with Crippen LogP contribution in [0, 0.1) is 17.6 Å². The highest BCUT2D eigenvalue weighted by Gasteiger charge is 2.29. The zero-order valence-corrected chi connectivity index (χ0v) is 23.5. The van der Waals surface area contributed by atoms with Gasteiger partial charge < -0.3 is 4.74 Å². The van der Waals surface area contributed by atoms with Crippen LogP contribution in [0.3, 0.4) is 0 Å². The molecule has 2 aromatic carbocycles. The molecule has 4 aromatic rings. The average molecular weight is 622 g/mol. The number of aromatic nitrogens is 3. The number of ether oxygens (including phenoxy) is 1. The van der Waals surface area contributed by atoms with Gasteiger partial charge in [0.15, 0.2) is 5.69 Å². The molecule has 0 saturated heterocycles. The monoisotopic (exact) mass is 620 g/mol. The molecule has 1 fully saturated rings. The Morgan fingerprint density at radius 1 is 1.24 bits per heavy atom. The van der Waals surface area contributed by atoms with Crippen molar-refractivity contribution in [3.63, 3.8) is 0 Å². The number of carbonyl (C=O) groups excluding carboxylic acids is 1. The highest BCUT2D eigenvalue weighted by Crippen LogP contribution is 2.38. The normalized spacial score (nSPS) is 14.0. The van der Waals surface area contributed by atoms with Crippen LogP contribution in [-0.4, -0.2) is 31.5 Å². The van der Waals surface area contributed by atoms with Crippen LogP contribution < -0.4 is 5.14 Å². The summed E-state index contributed by atoms with van der Waals surface area (Å²) < 4.78 is 47.5. The summed E-state index contributed by atoms with van der Waals surface area (Å²) in [5.74, 6) is -1.09. The lowest BCUT2D eigenvalue weighted by atomic mass is 9.97. The highest BCUT2D eigenvalue weighted by molar-refractivity contribution is 9.10. The number of rotatable bonds is 9. The van der Waals surface area contributed by atoms with Crippen molar-refractivity contribution in [2.75, 3.05) is 6.61 Å². The number of thiazole rings is 1. The van der Waals surface area contributed by atoms with Gasteiger partial charge in [-0.1, -0.05) is 6.07 Å². The van der Waals surface area contributed by atoms with Crippen molar-refractivity contribution >= 4 is 44.2 Å². The maximum Gasteiger partial charge on any atom is 0.357 e. The summed E-state index contributed by atoms with van der Waals surface area (Å²) in [5.41, 5.74) is 3.83. The van der Waals surface area contributed by atoms with E-state index < -0.39 is 28.6 Å². The van der Waals surface area contributed by atoms with E-state index in [2.05, 4.69) is 20.9 Å². The van der Waals surface area contributed by atoms with Crippen molar-refractivity contribution < 1.29 is 22.5 Å². The fourth-order valence-corrected chi connectivity index (χ4v) is 5.79. The van der Waals surface area contributed by atoms with Gasteiger partial charge in [0.1, 0.15) is 22.6 Å². The van der Waals surface area contributed by atoms with Gasteiger partial charge in [-0.15, -0.1) is 11.3 Å². The standard InChI is InChI=1S/C26H23BrF2N4O3S2/c1-2-36-25(34)21-13-37-26(31-21)33-22(11-14-3-4-14)17(9-15-5-8-23(38(30)35)20(29)10-15)24(32-33)16-6-7-19(28)18(27)12-16/h5-8,10,12-14H,2-4,9,11,30H2,1H3. The predicted molar refractivity (Wildman–Crippen MR) is 145 cm³/mol. The second-order valence-electron chi connectivity index (χ2n) is 8.94. The van der Waals surface area contributed by atoms with Crippen LogP contribution in [0.25, 0.3) is 16.4 Å². The van der Waals surface area contributed by atoms with Crippen molar-refractivity contribution in [3.05, 3.63) is 80.4 Å². The molecule has 2 heterocycles. The molecular formula is C26H23BrF2N4O3S2. The molecule has 12 heteroatoms. The molecule has 0 aliphatic heterocycles. The number of hydrogen-bond donors (Lipinski definition) is 1. The molecule has 38 heavy (non-hydrogen) atoms. The third-order valence-corrected chi connectivity index (χ3v) is 8.40. The van der Waals surface area contributed by atoms with Crippen LogP contribution >= 0.6 is 27.3 Å². The van der Waals surface area contributed by atoms with Gasteiger partial charge in [0.05, 0.1) is 27.4 Å². The van der Waals surface area contributed by atoms with Crippen molar-refractivity contribution in [1.29, 1.82) is 0 Å². The Labute approximate surface area is 232 Å². The summed E-state index contributed by atoms with van der Waals surface area (Å²) in [6, 6.07) is 9.09. The lowest BCUT2D eigenvalue weighted by Gasteiger charge is -2.10. The molecule has 1 unspecified atom stereocenters. The van der Waals surface area contributed by atoms with Crippen molar-refractivity contribution in [1.82, 2.24) is 14.8 Å². The summed E-state index contributed by atoms with van der Waals surface area (Å²) in [6.45, 7) is 1.97. The van der Waals surface area contributed by atoms with E-state index in [1.54, 1.807) is 35.2 Å². The minimum absolute atomic E-state index is 0.0698. The fourth-order valence-electron chi connectivity index (χ4n) is 4.19. The first kappa shape index (κ1) is 26.8. The van der Waals surface area contributed by atoms with Gasteiger partial charge in [0, 0.05) is 22.9 Å². The number of esters is 1. The van der Waals surface area contributed by atoms with Crippen LogP contribution in [0.1, 0.15) is 47.1 Å². The van der Waals surface area contributed by atoms with Crippen LogP contribution in [0.15, 0.2) is 51.1 Å². The zero-order valence-electron chi connectivity index (χ0n) is 20.2. The number of hydrogen-bond acceptors (Lipinski definition) is 6. The van der Waals surface area contributed by atoms with Crippen LogP contribution in [0.4, 0.5) is 8.78 Å². The molecule has 1 aliphatic carbocycles. The summed E-state index contributed by atoms with van der Waals surface area (Å²) >= 11 is 4.53. The molecule has 0 bridgehead atoms. The molecule has 0 radical (unpaired) electrons. The summed E-state index contributed by atoms with van der Waals surface area (Å²) in [6.07, 6.45) is 3.20. The molecule has 1 aliphatic rings. The SMILES string of the molecule is CCOC(=O)c1csc(-n2nc(-c3ccc(F)c(Br)c3)c(Cc3ccc(S(N)=O)c(F)c3)c2CC2CC2)n1. The Hall–Kier alpha value is -2.80. The Morgan fingerprint density at radius 2 is 2.03 bits per heavy atom. The van der Waals surface area contributed by atoms with Gasteiger partial charge >= 0.3 is 5.97 Å². The van der Waals surface area contributed by atoms with Gasteiger partial charge in [0.25, 0.3) is 0 Å². The van der Waals surface area contributed by atoms with E-state index in [1.165, 1.54) is 29.5 Å². The van der Waals surface area contributed by atoms with Crippen molar-refractivity contribution in [2.24, 2.45) is 11.1 Å². The molecule has 2 N–H and O–H groups in total. The van der Waals surface area contributed by atoms with E-state index in [4.69, 9.17) is 15.0 Å². The van der Waals surface area contributed by atoms with Gasteiger partial charge in [-0.25, -0.2) is 32.6 Å². The summed E-state index contributed by atoms with van der Waals surface area (Å²) in [5, 5.41) is 12.4. The van der Waals surface area contributed by atoms with Gasteiger partial charge in [-0.3, -0.25) is 0 Å². The maximum atomic E-state index is 14.7. The minimum atomic E-state index is -1.94. The molecule has 1 saturated carbocycles. The summed E-state index contributed by atoms with van der Waals surface area (Å²) in [4.78, 5) is 16.7. The number of carbonyl (C=O) groups is 1. The van der Waals surface area contributed by atoms with Crippen LogP contribution in [-0.2, 0) is 28.6 Å². The second-order valence-corrected chi connectivity index (χ2v) is 11.7. The Morgan fingerprint density at radius 3 is 2.68 bits per heavy atom. The third kappa shape index (κ3) is 5.63. The minimum Gasteiger partial charge on any atom is -0.461 e. The van der Waals surface area contributed by atoms with Crippen LogP contribution in [0.2, 0.25) is 0 Å². The van der Waals surface area contributed by atoms with Crippen molar-refractivity contribution in [3.8, 4) is 16.4 Å². The third-order valence-electron chi connectivity index (χ3n) is 6.21. The number of nitrogens with zero attached hydrogens (tertiary/aromatic N) is 3. The number of nitrogens with two attached hydrogens (primary N) is 1. The van der Waals surface area contributed by atoms with Crippen LogP contribution in [0.5, 0.6) is 0 Å². The first-order valence-corrected chi connectivity index (χ1v) is 14.8. The van der Waals surface area contributed by atoms with E-state index in [0.29, 0.717) is 45.2 Å². The Balaban J connectivity index is 1.66. The largest absolute Gasteiger partial charge is 0.461 e. The predicted octanol–water partition coefficient (Wildman–Crippen LogP) is 5.74. The first-order chi connectivity index (χ1) is 18.2. The number of benzene rings is 2. The smallest absolute Gasteiger partial charge is 0.357 e. The Bertz CT molecular complexity index is 1550. The summed E-state index contributed by atoms with van der Waals surface area (Å²) in [7, 11) is -1.94. The molecule has 198 valence electrons. The molecule has 0 amide bonds.